The molecular formula is C24H27FN4O9. The second kappa shape index (κ2) is 10.3. The number of halogens is 1. The maximum absolute atomic E-state index is 14.3. The summed E-state index contributed by atoms with van der Waals surface area (Å²) in [5.74, 6) is -4.56. The highest BCUT2D eigenvalue weighted by Crippen LogP contribution is 2.45. The molecule has 38 heavy (non-hydrogen) atoms. The molecule has 4 rings (SSSR count). The number of hydroxylamine groups is 2. The minimum Gasteiger partial charge on any atom is -0.504 e. The van der Waals surface area contributed by atoms with Gasteiger partial charge in [-0.2, -0.15) is 0 Å². The Labute approximate surface area is 214 Å². The molecule has 0 saturated carbocycles. The normalized spacial score (nSPS) is 25.2. The second-order valence-electron chi connectivity index (χ2n) is 8.74. The zero-order valence-electron chi connectivity index (χ0n) is 20.1. The van der Waals surface area contributed by atoms with Gasteiger partial charge in [0.25, 0.3) is 0 Å². The lowest BCUT2D eigenvalue weighted by Crippen LogP contribution is -2.68. The van der Waals surface area contributed by atoms with Gasteiger partial charge >= 0.3 is 11.6 Å². The summed E-state index contributed by atoms with van der Waals surface area (Å²) < 4.78 is 24.9. The molecule has 0 bridgehead atoms. The van der Waals surface area contributed by atoms with Crippen molar-refractivity contribution in [2.24, 2.45) is 0 Å². The van der Waals surface area contributed by atoms with Gasteiger partial charge in [-0.1, -0.05) is 24.3 Å². The summed E-state index contributed by atoms with van der Waals surface area (Å²) in [6.45, 7) is -1.55. The fourth-order valence-electron chi connectivity index (χ4n) is 4.38. The number of rotatable bonds is 8. The lowest BCUT2D eigenvalue weighted by atomic mass is 9.99. The van der Waals surface area contributed by atoms with Gasteiger partial charge in [0.2, 0.25) is 5.72 Å². The van der Waals surface area contributed by atoms with Crippen molar-refractivity contribution in [1.29, 1.82) is 0 Å². The second-order valence-corrected chi connectivity index (χ2v) is 8.74. The molecule has 4 atom stereocenters. The number of nitrogen functional groups attached to an aromatic ring is 1. The third-order valence-corrected chi connectivity index (χ3v) is 6.44. The van der Waals surface area contributed by atoms with E-state index >= 15 is 0 Å². The van der Waals surface area contributed by atoms with Crippen molar-refractivity contribution in [3.8, 4) is 11.5 Å². The van der Waals surface area contributed by atoms with Crippen LogP contribution < -0.4 is 16.2 Å². The van der Waals surface area contributed by atoms with Gasteiger partial charge in [0.05, 0.1) is 20.3 Å². The summed E-state index contributed by atoms with van der Waals surface area (Å²) in [5, 5.41) is 64.6. The first-order chi connectivity index (χ1) is 18.0. The van der Waals surface area contributed by atoms with Crippen LogP contribution in [-0.4, -0.2) is 77.0 Å². The summed E-state index contributed by atoms with van der Waals surface area (Å²) in [5.41, 5.74) is 2.17. The monoisotopic (exact) mass is 534 g/mol. The third-order valence-electron chi connectivity index (χ3n) is 6.44. The first kappa shape index (κ1) is 27.4. The number of hydrogen-bond acceptors (Lipinski definition) is 12. The van der Waals surface area contributed by atoms with Gasteiger partial charge in [0.15, 0.2) is 11.5 Å². The van der Waals surface area contributed by atoms with Crippen molar-refractivity contribution >= 4 is 5.82 Å². The van der Waals surface area contributed by atoms with E-state index in [0.717, 1.165) is 6.20 Å². The van der Waals surface area contributed by atoms with E-state index in [9.17, 15) is 39.9 Å². The average Bonchev–Trinajstić information content (AvgIpc) is 3.09. The molecule has 0 unspecified atom stereocenters. The lowest BCUT2D eigenvalue weighted by Gasteiger charge is -2.42. The number of anilines is 1. The topological polar surface area (TPSA) is 204 Å². The molecule has 1 aliphatic heterocycles. The predicted octanol–water partition coefficient (Wildman–Crippen LogP) is -0.796. The Balaban J connectivity index is 1.81. The van der Waals surface area contributed by atoms with Gasteiger partial charge in [-0.3, -0.25) is 0 Å². The Morgan fingerprint density at radius 2 is 1.95 bits per heavy atom. The number of methoxy groups -OCH3 is 1. The minimum absolute atomic E-state index is 0.0279. The maximum atomic E-state index is 14.3. The van der Waals surface area contributed by atoms with Crippen molar-refractivity contribution in [3.63, 3.8) is 0 Å². The maximum Gasteiger partial charge on any atom is 0.353 e. The van der Waals surface area contributed by atoms with E-state index in [-0.39, 0.29) is 39.7 Å². The SMILES string of the molecule is COc1cc(CN(O)[C@@]2(O)[C@H](O)[C@@H](CO)O[C@]2(O)n2c(N)c(Cc3ccccc3F)cnc2=O)ccc1O. The Hall–Kier alpha value is -3.63. The van der Waals surface area contributed by atoms with Crippen LogP contribution in [0.1, 0.15) is 16.7 Å². The number of ether oxygens (including phenoxy) is 2. The zero-order valence-corrected chi connectivity index (χ0v) is 20.1. The number of aromatic nitrogens is 2. The van der Waals surface area contributed by atoms with Crippen LogP contribution >= 0.6 is 0 Å². The largest absolute Gasteiger partial charge is 0.504 e. The number of nitrogens with two attached hydrogens (primary N) is 1. The fourth-order valence-corrected chi connectivity index (χ4v) is 4.38. The van der Waals surface area contributed by atoms with Crippen LogP contribution in [-0.2, 0) is 23.6 Å². The molecule has 2 heterocycles. The molecule has 8 N–H and O–H groups in total. The van der Waals surface area contributed by atoms with E-state index in [2.05, 4.69) is 4.98 Å². The van der Waals surface area contributed by atoms with E-state index in [1.807, 2.05) is 0 Å². The van der Waals surface area contributed by atoms with E-state index in [1.54, 1.807) is 6.07 Å². The van der Waals surface area contributed by atoms with Crippen LogP contribution in [0.25, 0.3) is 0 Å². The van der Waals surface area contributed by atoms with Gasteiger partial charge < -0.3 is 45.9 Å². The van der Waals surface area contributed by atoms with Crippen LogP contribution in [0.5, 0.6) is 11.5 Å². The molecule has 0 aliphatic carbocycles. The number of hydrogen-bond donors (Lipinski definition) is 7. The van der Waals surface area contributed by atoms with Crippen LogP contribution in [0.4, 0.5) is 10.2 Å². The summed E-state index contributed by atoms with van der Waals surface area (Å²) in [7, 11) is 1.29. The van der Waals surface area contributed by atoms with Crippen molar-refractivity contribution in [2.75, 3.05) is 19.5 Å². The Kier molecular flexibility index (Phi) is 7.40. The van der Waals surface area contributed by atoms with Gasteiger partial charge in [0.1, 0.15) is 23.8 Å². The van der Waals surface area contributed by atoms with Crippen molar-refractivity contribution in [3.05, 3.63) is 81.7 Å². The summed E-state index contributed by atoms with van der Waals surface area (Å²) >= 11 is 0. The highest BCUT2D eigenvalue weighted by atomic mass is 19.1. The van der Waals surface area contributed by atoms with Crippen LogP contribution in [0, 0.1) is 5.82 Å². The molecule has 3 aromatic rings. The number of benzene rings is 2. The number of aromatic hydroxyl groups is 1. The standard InChI is InChI=1S/C24H27FN4O9/c1-37-18-8-13(6-7-17(18)31)11-28(36)23(34)20(32)19(12-30)38-24(23,35)29-21(26)15(10-27-22(29)33)9-14-4-2-3-5-16(14)25/h2-8,10,19-20,30-32,34-36H,9,11-12,26H2,1H3/t19-,20-,23-,24+/m1/s1. The number of nitrogens with zero attached hydrogens (tertiary/aromatic N) is 3. The molecule has 13 nitrogen and oxygen atoms in total. The lowest BCUT2D eigenvalue weighted by molar-refractivity contribution is -0.413. The Morgan fingerprint density at radius 1 is 1.24 bits per heavy atom. The zero-order chi connectivity index (χ0) is 27.8. The molecule has 204 valence electrons. The molecule has 0 amide bonds. The van der Waals surface area contributed by atoms with Gasteiger partial charge in [-0.25, -0.2) is 18.7 Å². The van der Waals surface area contributed by atoms with E-state index < -0.39 is 54.3 Å². The van der Waals surface area contributed by atoms with E-state index in [0.29, 0.717) is 4.57 Å². The van der Waals surface area contributed by atoms with Gasteiger partial charge in [-0.05, 0) is 29.3 Å². The van der Waals surface area contributed by atoms with E-state index in [4.69, 9.17) is 15.2 Å². The molecular weight excluding hydrogens is 507 g/mol. The van der Waals surface area contributed by atoms with Crippen molar-refractivity contribution in [1.82, 2.24) is 14.6 Å². The molecule has 1 aliphatic rings. The average molecular weight is 534 g/mol. The fraction of sp³-hybridized carbons (Fsp3) is 0.333. The molecule has 1 saturated heterocycles. The van der Waals surface area contributed by atoms with Gasteiger partial charge in [0, 0.05) is 18.2 Å². The molecule has 1 fully saturated rings. The highest BCUT2D eigenvalue weighted by Gasteiger charge is 2.70. The summed E-state index contributed by atoms with van der Waals surface area (Å²) in [6.07, 6.45) is -3.02. The van der Waals surface area contributed by atoms with Gasteiger partial charge in [-0.15, -0.1) is 5.06 Å². The number of phenolic OH excluding ortho intramolecular Hbond substituents is 1. The van der Waals surface area contributed by atoms with E-state index in [1.165, 1.54) is 43.5 Å². The number of aliphatic hydroxyl groups is 4. The third kappa shape index (κ3) is 4.37. The molecule has 2 aromatic carbocycles. The Morgan fingerprint density at radius 3 is 2.61 bits per heavy atom. The van der Waals surface area contributed by atoms with Crippen molar-refractivity contribution in [2.45, 2.75) is 36.8 Å². The highest BCUT2D eigenvalue weighted by molar-refractivity contribution is 5.43. The smallest absolute Gasteiger partial charge is 0.353 e. The number of aliphatic hydroxyl groups excluding tert-OH is 2. The van der Waals surface area contributed by atoms with Crippen LogP contribution in [0.15, 0.2) is 53.5 Å². The molecule has 0 spiro atoms. The quantitative estimate of drug-likeness (QED) is 0.140. The first-order valence-corrected chi connectivity index (χ1v) is 11.3. The minimum atomic E-state index is -3.30. The van der Waals surface area contributed by atoms with Crippen LogP contribution in [0.2, 0.25) is 0 Å². The predicted molar refractivity (Wildman–Crippen MR) is 127 cm³/mol. The summed E-state index contributed by atoms with van der Waals surface area (Å²) in [4.78, 5) is 16.5. The molecule has 1 aromatic heterocycles. The first-order valence-electron chi connectivity index (χ1n) is 11.3. The van der Waals surface area contributed by atoms with Crippen molar-refractivity contribution < 1.29 is 44.6 Å². The molecule has 0 radical (unpaired) electrons. The summed E-state index contributed by atoms with van der Waals surface area (Å²) in [6, 6.07) is 9.64. The Bertz CT molecular complexity index is 1390. The molecule has 14 heteroatoms. The number of phenols is 1. The van der Waals surface area contributed by atoms with Crippen LogP contribution in [0.3, 0.4) is 0 Å².